The van der Waals surface area contributed by atoms with Crippen LogP contribution in [0.5, 0.6) is 0 Å². The van der Waals surface area contributed by atoms with Gasteiger partial charge >= 0.3 is 0 Å². The van der Waals surface area contributed by atoms with Gasteiger partial charge in [0.05, 0.1) is 6.07 Å². The number of fused-ring (bicyclic) bond motifs is 4. The van der Waals surface area contributed by atoms with E-state index < -0.39 is 0 Å². The van der Waals surface area contributed by atoms with E-state index >= 15 is 0 Å². The van der Waals surface area contributed by atoms with E-state index in [1.54, 1.807) is 0 Å². The molecule has 0 saturated carbocycles. The molecule has 0 amide bonds. The quantitative estimate of drug-likeness (QED) is 0.147. The summed E-state index contributed by atoms with van der Waals surface area (Å²) in [5.74, 6) is 0. The Kier molecular flexibility index (Phi) is 9.30. The van der Waals surface area contributed by atoms with Crippen LogP contribution in [0, 0.1) is 0 Å². The first-order chi connectivity index (χ1) is 26.7. The van der Waals surface area contributed by atoms with Gasteiger partial charge in [0.1, 0.15) is 34.1 Å². The minimum Gasteiger partial charge on any atom is -0.300 e. The molecule has 0 aliphatic carbocycles. The number of hydrogen-bond donors (Lipinski definition) is 2. The molecule has 7 aromatic rings. The van der Waals surface area contributed by atoms with Crippen LogP contribution in [0.3, 0.4) is 0 Å². The van der Waals surface area contributed by atoms with Crippen LogP contribution >= 0.6 is 0 Å². The fourth-order valence-corrected chi connectivity index (χ4v) is 8.46. The van der Waals surface area contributed by atoms with Crippen LogP contribution in [0.25, 0.3) is 0 Å². The molecule has 0 fully saturated rings. The monoisotopic (exact) mass is 704 g/mol. The summed E-state index contributed by atoms with van der Waals surface area (Å²) in [6.07, 6.45) is 7.09. The van der Waals surface area contributed by atoms with Gasteiger partial charge in [-0.3, -0.25) is 9.80 Å². The molecule has 54 heavy (non-hydrogen) atoms. The largest absolute Gasteiger partial charge is 0.300 e. The molecule has 2 N–H and O–H groups in total. The van der Waals surface area contributed by atoms with Crippen molar-refractivity contribution in [2.24, 2.45) is 0 Å². The molecule has 0 unspecified atom stereocenters. The minimum atomic E-state index is 1.12. The van der Waals surface area contributed by atoms with Crippen molar-refractivity contribution in [1.82, 2.24) is 0 Å². The second-order valence-corrected chi connectivity index (χ2v) is 14.6. The predicted molar refractivity (Wildman–Crippen MR) is 226 cm³/mol. The smallest absolute Gasteiger partial charge is 0.165 e. The van der Waals surface area contributed by atoms with Crippen molar-refractivity contribution in [3.05, 3.63) is 181 Å². The summed E-state index contributed by atoms with van der Waals surface area (Å²) in [4.78, 5) is 7.41. The molecule has 0 spiro atoms. The third-order valence-corrected chi connectivity index (χ3v) is 11.1. The number of nitrogens with zero attached hydrogens (tertiary/aromatic N) is 2. The number of nitrogens with one attached hydrogen (secondary N) is 2. The van der Waals surface area contributed by atoms with E-state index in [2.05, 4.69) is 194 Å². The Bertz CT molecular complexity index is 2140. The maximum absolute atomic E-state index is 2.44. The molecular formula is C50H48N4+2. The highest BCUT2D eigenvalue weighted by Gasteiger charge is 2.38. The van der Waals surface area contributed by atoms with Gasteiger partial charge in [-0.05, 0) is 85.3 Å². The summed E-state index contributed by atoms with van der Waals surface area (Å²) in [5, 5.41) is 0. The van der Waals surface area contributed by atoms with E-state index in [1.807, 2.05) is 0 Å². The van der Waals surface area contributed by atoms with Gasteiger partial charge < -0.3 is 0 Å². The second kappa shape index (κ2) is 14.8. The number of unbranched alkanes of at least 4 members (excludes halogenated alkanes) is 2. The van der Waals surface area contributed by atoms with Gasteiger partial charge in [0.15, 0.2) is 22.7 Å². The highest BCUT2D eigenvalue weighted by Crippen LogP contribution is 2.47. The van der Waals surface area contributed by atoms with E-state index in [1.165, 1.54) is 115 Å². The molecule has 2 heterocycles. The van der Waals surface area contributed by atoms with E-state index in [9.17, 15) is 0 Å². The molecule has 0 radical (unpaired) electrons. The van der Waals surface area contributed by atoms with Crippen molar-refractivity contribution in [2.75, 3.05) is 9.80 Å². The summed E-state index contributed by atoms with van der Waals surface area (Å²) in [5.41, 5.74) is 17.4. The van der Waals surface area contributed by atoms with Gasteiger partial charge in [-0.2, -0.15) is 0 Å². The minimum absolute atomic E-state index is 1.12. The van der Waals surface area contributed by atoms with Crippen molar-refractivity contribution in [1.29, 1.82) is 0 Å². The molecule has 4 heteroatoms. The number of hydrogen-bond acceptors (Lipinski definition) is 2. The molecule has 2 aliphatic heterocycles. The Labute approximate surface area is 320 Å². The number of rotatable bonds is 10. The molecule has 0 atom stereocenters. The van der Waals surface area contributed by atoms with E-state index in [-0.39, 0.29) is 0 Å². The lowest BCUT2D eigenvalue weighted by Gasteiger charge is -2.37. The highest BCUT2D eigenvalue weighted by atomic mass is 15.3. The zero-order chi connectivity index (χ0) is 36.4. The van der Waals surface area contributed by atoms with Crippen molar-refractivity contribution in [3.8, 4) is 0 Å². The van der Waals surface area contributed by atoms with Crippen molar-refractivity contribution in [2.45, 2.75) is 52.4 Å². The maximum atomic E-state index is 2.44. The number of benzene rings is 7. The molecule has 2 aliphatic rings. The molecule has 7 aromatic carbocycles. The van der Waals surface area contributed by atoms with Crippen molar-refractivity contribution >= 4 is 68.2 Å². The zero-order valence-electron chi connectivity index (χ0n) is 31.3. The summed E-state index contributed by atoms with van der Waals surface area (Å²) >= 11 is 0. The van der Waals surface area contributed by atoms with Gasteiger partial charge in [0.25, 0.3) is 0 Å². The van der Waals surface area contributed by atoms with Crippen LogP contribution in [0.4, 0.5) is 68.2 Å². The summed E-state index contributed by atoms with van der Waals surface area (Å²) < 4.78 is 0. The maximum Gasteiger partial charge on any atom is 0.165 e. The SMILES string of the molecule is CCCCc1ccc(N2c3ccccc3[NH+](c3cccc([NH+]4c5ccccc5N(c5ccc(CCCC)cc5)c5ccccc54)c3)c3ccccc32)cc1. The zero-order valence-corrected chi connectivity index (χ0v) is 31.3. The van der Waals surface area contributed by atoms with E-state index in [4.69, 9.17) is 0 Å². The van der Waals surface area contributed by atoms with E-state index in [0.717, 1.165) is 12.8 Å². The Hall–Kier alpha value is -5.94. The lowest BCUT2D eigenvalue weighted by atomic mass is 10.0. The van der Waals surface area contributed by atoms with Gasteiger partial charge in [-0.1, -0.05) is 106 Å². The summed E-state index contributed by atoms with van der Waals surface area (Å²) in [6.45, 7) is 4.52. The first-order valence-corrected chi connectivity index (χ1v) is 19.7. The lowest BCUT2D eigenvalue weighted by Crippen LogP contribution is -2.99. The third kappa shape index (κ3) is 6.08. The van der Waals surface area contributed by atoms with Crippen LogP contribution in [0.1, 0.15) is 50.7 Å². The second-order valence-electron chi connectivity index (χ2n) is 14.6. The topological polar surface area (TPSA) is 15.4 Å². The Morgan fingerprint density at radius 2 is 0.704 bits per heavy atom. The average Bonchev–Trinajstić information content (AvgIpc) is 3.23. The fourth-order valence-electron chi connectivity index (χ4n) is 8.46. The van der Waals surface area contributed by atoms with Crippen LogP contribution < -0.4 is 19.6 Å². The number of quaternary nitrogens is 2. The third-order valence-electron chi connectivity index (χ3n) is 11.1. The van der Waals surface area contributed by atoms with Crippen molar-refractivity contribution in [3.63, 3.8) is 0 Å². The molecule has 9 rings (SSSR count). The summed E-state index contributed by atoms with van der Waals surface area (Å²) in [7, 11) is 0. The van der Waals surface area contributed by atoms with Gasteiger partial charge in [-0.15, -0.1) is 0 Å². The number of para-hydroxylation sites is 8. The Morgan fingerprint density at radius 1 is 0.370 bits per heavy atom. The normalized spacial score (nSPS) is 13.6. The molecule has 0 saturated heterocycles. The van der Waals surface area contributed by atoms with Crippen molar-refractivity contribution < 1.29 is 9.80 Å². The van der Waals surface area contributed by atoms with Crippen LogP contribution in [-0.2, 0) is 12.8 Å². The molecular weight excluding hydrogens is 657 g/mol. The van der Waals surface area contributed by atoms with Gasteiger partial charge in [-0.25, -0.2) is 9.80 Å². The first-order valence-electron chi connectivity index (χ1n) is 19.7. The molecule has 266 valence electrons. The molecule has 0 bridgehead atoms. The standard InChI is InChI=1S/C50H46N4/c1-3-5-16-37-28-32-39(33-29-37)51-43-20-7-11-24-47(43)53(48-25-12-8-21-44(48)51)41-18-15-19-42(36-41)54-49-26-13-9-22-45(49)52(46-23-10-14-27-50(46)54)40-34-30-38(31-35-40)17-6-4-2/h7-15,18-36H,3-6,16-17H2,1-2H3/p+2. The van der Waals surface area contributed by atoms with Gasteiger partial charge in [0, 0.05) is 47.8 Å². The summed E-state index contributed by atoms with van der Waals surface area (Å²) in [6, 6.07) is 63.3. The van der Waals surface area contributed by atoms with Gasteiger partial charge in [0.2, 0.25) is 0 Å². The molecule has 4 nitrogen and oxygen atoms in total. The molecule has 0 aromatic heterocycles. The van der Waals surface area contributed by atoms with E-state index in [0.29, 0.717) is 0 Å². The van der Waals surface area contributed by atoms with Crippen LogP contribution in [0.2, 0.25) is 0 Å². The Balaban J connectivity index is 1.13. The Morgan fingerprint density at radius 3 is 1.04 bits per heavy atom. The average molecular weight is 705 g/mol. The van der Waals surface area contributed by atoms with Crippen LogP contribution in [0.15, 0.2) is 170 Å². The lowest BCUT2D eigenvalue weighted by molar-refractivity contribution is -0.688. The first kappa shape index (κ1) is 33.9. The predicted octanol–water partition coefficient (Wildman–Crippen LogP) is 12.3. The highest BCUT2D eigenvalue weighted by molar-refractivity contribution is 5.91. The van der Waals surface area contributed by atoms with Crippen LogP contribution in [-0.4, -0.2) is 0 Å². The number of aryl methyl sites for hydroxylation is 2. The fraction of sp³-hybridized carbons (Fsp3) is 0.160. The number of anilines is 6.